The van der Waals surface area contributed by atoms with Crippen molar-refractivity contribution in [2.24, 2.45) is 7.05 Å². The lowest BCUT2D eigenvalue weighted by Gasteiger charge is -2.16. The van der Waals surface area contributed by atoms with Gasteiger partial charge in [-0.3, -0.25) is 9.67 Å². The van der Waals surface area contributed by atoms with E-state index in [1.807, 2.05) is 25.0 Å². The first-order valence-electron chi connectivity index (χ1n) is 7.31. The SMILES string of the molecule is CCc1ccc(CC(NC)c2cc(CC)nn2C)nc1. The Hall–Kier alpha value is -1.68. The van der Waals surface area contributed by atoms with E-state index < -0.39 is 0 Å². The Morgan fingerprint density at radius 2 is 2.00 bits per heavy atom. The van der Waals surface area contributed by atoms with Gasteiger partial charge in [-0.15, -0.1) is 0 Å². The molecular weight excluding hydrogens is 248 g/mol. The molecule has 0 radical (unpaired) electrons. The first-order chi connectivity index (χ1) is 9.67. The van der Waals surface area contributed by atoms with Gasteiger partial charge in [0.05, 0.1) is 17.4 Å². The molecule has 2 aromatic rings. The van der Waals surface area contributed by atoms with Gasteiger partial charge in [-0.2, -0.15) is 5.10 Å². The molecule has 0 amide bonds. The first kappa shape index (κ1) is 14.7. The zero-order valence-electron chi connectivity index (χ0n) is 12.8. The summed E-state index contributed by atoms with van der Waals surface area (Å²) < 4.78 is 1.97. The molecule has 2 rings (SSSR count). The summed E-state index contributed by atoms with van der Waals surface area (Å²) in [5, 5.41) is 7.90. The summed E-state index contributed by atoms with van der Waals surface area (Å²) in [6.45, 7) is 4.28. The van der Waals surface area contributed by atoms with Crippen molar-refractivity contribution in [1.29, 1.82) is 0 Å². The van der Waals surface area contributed by atoms with Crippen molar-refractivity contribution in [3.63, 3.8) is 0 Å². The van der Waals surface area contributed by atoms with Crippen LogP contribution in [-0.2, 0) is 26.3 Å². The van der Waals surface area contributed by atoms with Crippen molar-refractivity contribution in [3.8, 4) is 0 Å². The molecule has 0 saturated carbocycles. The molecule has 108 valence electrons. The van der Waals surface area contributed by atoms with Crippen LogP contribution < -0.4 is 5.32 Å². The van der Waals surface area contributed by atoms with Crippen LogP contribution in [0.5, 0.6) is 0 Å². The van der Waals surface area contributed by atoms with E-state index in [-0.39, 0.29) is 6.04 Å². The molecule has 4 heteroatoms. The van der Waals surface area contributed by atoms with Gasteiger partial charge in [0.2, 0.25) is 0 Å². The molecule has 0 aliphatic carbocycles. The number of aromatic nitrogens is 3. The minimum absolute atomic E-state index is 0.243. The second-order valence-corrected chi connectivity index (χ2v) is 5.09. The highest BCUT2D eigenvalue weighted by molar-refractivity contribution is 5.19. The molecule has 4 nitrogen and oxygen atoms in total. The lowest BCUT2D eigenvalue weighted by Crippen LogP contribution is -2.22. The fourth-order valence-electron chi connectivity index (χ4n) is 2.39. The second kappa shape index (κ2) is 6.66. The molecule has 2 heterocycles. The molecule has 0 spiro atoms. The molecule has 0 aliphatic rings. The summed E-state index contributed by atoms with van der Waals surface area (Å²) in [6, 6.07) is 6.71. The zero-order valence-corrected chi connectivity index (χ0v) is 12.8. The van der Waals surface area contributed by atoms with Gasteiger partial charge in [-0.1, -0.05) is 19.9 Å². The standard InChI is InChI=1S/C16H24N4/c1-5-12-7-8-14(18-11-12)9-15(17-3)16-10-13(6-2)19-20(16)4/h7-8,10-11,15,17H,5-6,9H2,1-4H3. The van der Waals surface area contributed by atoms with Crippen LogP contribution in [-0.4, -0.2) is 21.8 Å². The number of hydrogen-bond acceptors (Lipinski definition) is 3. The van der Waals surface area contributed by atoms with Gasteiger partial charge in [0.1, 0.15) is 0 Å². The van der Waals surface area contributed by atoms with Crippen molar-refractivity contribution in [3.05, 3.63) is 47.0 Å². The molecule has 0 saturated heterocycles. The van der Waals surface area contributed by atoms with E-state index in [1.165, 1.54) is 11.3 Å². The Balaban J connectivity index is 2.16. The first-order valence-corrected chi connectivity index (χ1v) is 7.31. The molecule has 1 atom stereocenters. The Labute approximate surface area is 121 Å². The van der Waals surface area contributed by atoms with Crippen LogP contribution in [0.25, 0.3) is 0 Å². The minimum Gasteiger partial charge on any atom is -0.311 e. The third kappa shape index (κ3) is 3.25. The van der Waals surface area contributed by atoms with E-state index in [0.29, 0.717) is 0 Å². The van der Waals surface area contributed by atoms with Crippen LogP contribution in [0.3, 0.4) is 0 Å². The molecule has 0 aliphatic heterocycles. The third-order valence-corrected chi connectivity index (χ3v) is 3.74. The average molecular weight is 272 g/mol. The predicted octanol–water partition coefficient (Wildman–Crippen LogP) is 2.44. The number of nitrogens with one attached hydrogen (secondary N) is 1. The van der Waals surface area contributed by atoms with Crippen molar-refractivity contribution in [2.75, 3.05) is 7.05 Å². The third-order valence-electron chi connectivity index (χ3n) is 3.74. The number of rotatable bonds is 6. The zero-order chi connectivity index (χ0) is 14.5. The van der Waals surface area contributed by atoms with Crippen LogP contribution in [0.15, 0.2) is 24.4 Å². The number of likely N-dealkylation sites (N-methyl/N-ethyl adjacent to an activating group) is 1. The molecule has 20 heavy (non-hydrogen) atoms. The molecular formula is C16H24N4. The van der Waals surface area contributed by atoms with Crippen molar-refractivity contribution >= 4 is 0 Å². The van der Waals surface area contributed by atoms with Gasteiger partial charge in [0.15, 0.2) is 0 Å². The van der Waals surface area contributed by atoms with Crippen LogP contribution >= 0.6 is 0 Å². The van der Waals surface area contributed by atoms with E-state index in [1.54, 1.807) is 0 Å². The Morgan fingerprint density at radius 1 is 1.20 bits per heavy atom. The summed E-state index contributed by atoms with van der Waals surface area (Å²) in [7, 11) is 4.00. The maximum absolute atomic E-state index is 4.55. The highest BCUT2D eigenvalue weighted by Crippen LogP contribution is 2.18. The van der Waals surface area contributed by atoms with Crippen molar-refractivity contribution in [1.82, 2.24) is 20.1 Å². The predicted molar refractivity (Wildman–Crippen MR) is 81.7 cm³/mol. The monoisotopic (exact) mass is 272 g/mol. The summed E-state index contributed by atoms with van der Waals surface area (Å²) in [5.41, 5.74) is 4.74. The van der Waals surface area contributed by atoms with E-state index >= 15 is 0 Å². The smallest absolute Gasteiger partial charge is 0.0625 e. The number of aryl methyl sites for hydroxylation is 3. The van der Waals surface area contributed by atoms with E-state index in [0.717, 1.165) is 30.7 Å². The van der Waals surface area contributed by atoms with Crippen LogP contribution in [0.1, 0.15) is 42.5 Å². The summed E-state index contributed by atoms with van der Waals surface area (Å²) >= 11 is 0. The van der Waals surface area contributed by atoms with Crippen LogP contribution in [0.4, 0.5) is 0 Å². The van der Waals surface area contributed by atoms with Crippen molar-refractivity contribution in [2.45, 2.75) is 39.2 Å². The fraction of sp³-hybridized carbons (Fsp3) is 0.500. The lowest BCUT2D eigenvalue weighted by molar-refractivity contribution is 0.531. The highest BCUT2D eigenvalue weighted by Gasteiger charge is 2.16. The molecule has 0 fully saturated rings. The molecule has 1 N–H and O–H groups in total. The van der Waals surface area contributed by atoms with Gasteiger partial charge < -0.3 is 5.32 Å². The van der Waals surface area contributed by atoms with Gasteiger partial charge >= 0.3 is 0 Å². The number of pyridine rings is 1. The Kier molecular flexibility index (Phi) is 4.90. The second-order valence-electron chi connectivity index (χ2n) is 5.09. The van der Waals surface area contributed by atoms with Gasteiger partial charge in [-0.25, -0.2) is 0 Å². The lowest BCUT2D eigenvalue weighted by atomic mass is 10.1. The average Bonchev–Trinajstić information content (AvgIpc) is 2.86. The molecule has 0 aromatic carbocycles. The van der Waals surface area contributed by atoms with Gasteiger partial charge in [-0.05, 0) is 37.6 Å². The largest absolute Gasteiger partial charge is 0.311 e. The van der Waals surface area contributed by atoms with Crippen LogP contribution in [0.2, 0.25) is 0 Å². The molecule has 2 aromatic heterocycles. The Bertz CT molecular complexity index is 542. The van der Waals surface area contributed by atoms with E-state index in [9.17, 15) is 0 Å². The minimum atomic E-state index is 0.243. The van der Waals surface area contributed by atoms with Crippen molar-refractivity contribution < 1.29 is 0 Å². The quantitative estimate of drug-likeness (QED) is 0.878. The molecule has 0 bridgehead atoms. The number of hydrogen-bond donors (Lipinski definition) is 1. The maximum atomic E-state index is 4.55. The van der Waals surface area contributed by atoms with Gasteiger partial charge in [0, 0.05) is 25.4 Å². The van der Waals surface area contributed by atoms with Gasteiger partial charge in [0.25, 0.3) is 0 Å². The molecule has 1 unspecified atom stereocenters. The summed E-state index contributed by atoms with van der Waals surface area (Å²) in [5.74, 6) is 0. The highest BCUT2D eigenvalue weighted by atomic mass is 15.3. The topological polar surface area (TPSA) is 42.7 Å². The van der Waals surface area contributed by atoms with E-state index in [4.69, 9.17) is 0 Å². The normalized spacial score (nSPS) is 12.6. The van der Waals surface area contributed by atoms with E-state index in [2.05, 4.69) is 47.4 Å². The fourth-order valence-corrected chi connectivity index (χ4v) is 2.39. The van der Waals surface area contributed by atoms with Crippen LogP contribution in [0, 0.1) is 0 Å². The number of nitrogens with zero attached hydrogens (tertiary/aromatic N) is 3. The maximum Gasteiger partial charge on any atom is 0.0625 e. The Morgan fingerprint density at radius 3 is 2.50 bits per heavy atom. The summed E-state index contributed by atoms with van der Waals surface area (Å²) in [6.07, 6.45) is 4.85. The summed E-state index contributed by atoms with van der Waals surface area (Å²) in [4.78, 5) is 4.55.